The molecule has 170 valence electrons. The van der Waals surface area contributed by atoms with Gasteiger partial charge < -0.3 is 23.9 Å². The number of carbonyl (C=O) groups excluding carboxylic acids is 3. The predicted octanol–water partition coefficient (Wildman–Crippen LogP) is 4.11. The molecule has 3 rings (SSSR count). The van der Waals surface area contributed by atoms with E-state index in [0.29, 0.717) is 17.1 Å². The smallest absolute Gasteiger partial charge is 0.373 e. The van der Waals surface area contributed by atoms with Crippen molar-refractivity contribution in [1.82, 2.24) is 10.2 Å². The van der Waals surface area contributed by atoms with Crippen molar-refractivity contribution in [3.8, 4) is 11.5 Å². The van der Waals surface area contributed by atoms with Crippen molar-refractivity contribution in [2.24, 2.45) is 0 Å². The van der Waals surface area contributed by atoms with E-state index in [1.807, 2.05) is 13.8 Å². The molecule has 9 nitrogen and oxygen atoms in total. The number of methoxy groups -OCH3 is 2. The first kappa shape index (κ1) is 23.4. The lowest BCUT2D eigenvalue weighted by molar-refractivity contribution is -0.123. The van der Waals surface area contributed by atoms with Crippen LogP contribution >= 0.6 is 15.9 Å². The van der Waals surface area contributed by atoms with E-state index in [1.54, 1.807) is 12.1 Å². The Morgan fingerprint density at radius 2 is 2.03 bits per heavy atom. The monoisotopic (exact) mass is 506 g/mol. The van der Waals surface area contributed by atoms with Crippen LogP contribution in [-0.4, -0.2) is 43.1 Å². The fourth-order valence-corrected chi connectivity index (χ4v) is 3.41. The van der Waals surface area contributed by atoms with E-state index in [9.17, 15) is 14.4 Å². The van der Waals surface area contributed by atoms with E-state index in [4.69, 9.17) is 13.9 Å². The molecule has 0 radical (unpaired) electrons. The summed E-state index contributed by atoms with van der Waals surface area (Å²) >= 11 is 3.43. The van der Waals surface area contributed by atoms with Gasteiger partial charge in [0.15, 0.2) is 11.5 Å². The molecule has 2 heterocycles. The zero-order valence-corrected chi connectivity index (χ0v) is 19.6. The minimum absolute atomic E-state index is 0.0154. The van der Waals surface area contributed by atoms with E-state index >= 15 is 0 Å². The van der Waals surface area contributed by atoms with Crippen LogP contribution in [0, 0.1) is 0 Å². The highest BCUT2D eigenvalue weighted by atomic mass is 79.9. The fourth-order valence-electron chi connectivity index (χ4n) is 2.96. The Morgan fingerprint density at radius 1 is 1.28 bits per heavy atom. The molecule has 1 aliphatic heterocycles. The van der Waals surface area contributed by atoms with Crippen molar-refractivity contribution in [1.29, 1.82) is 0 Å². The molecule has 0 saturated carbocycles. The first-order chi connectivity index (χ1) is 15.3. The third-order valence-corrected chi connectivity index (χ3v) is 5.24. The number of nitrogens with zero attached hydrogens (tertiary/aromatic N) is 1. The van der Waals surface area contributed by atoms with Crippen LogP contribution < -0.4 is 14.8 Å². The van der Waals surface area contributed by atoms with Gasteiger partial charge in [0.25, 0.3) is 5.91 Å². The Morgan fingerprint density at radius 3 is 2.69 bits per heavy atom. The zero-order chi connectivity index (χ0) is 23.4. The largest absolute Gasteiger partial charge is 0.493 e. The van der Waals surface area contributed by atoms with Crippen LogP contribution in [0.25, 0.3) is 6.08 Å². The summed E-state index contributed by atoms with van der Waals surface area (Å²) in [7, 11) is 2.76. The van der Waals surface area contributed by atoms with Gasteiger partial charge in [0.2, 0.25) is 5.76 Å². The number of esters is 1. The van der Waals surface area contributed by atoms with Crippen LogP contribution in [0.15, 0.2) is 38.9 Å². The highest BCUT2D eigenvalue weighted by Gasteiger charge is 2.35. The lowest BCUT2D eigenvalue weighted by Gasteiger charge is -2.18. The Hall–Kier alpha value is -3.27. The first-order valence-electron chi connectivity index (χ1n) is 9.83. The summed E-state index contributed by atoms with van der Waals surface area (Å²) in [6, 6.07) is 5.85. The molecule has 3 amide bonds. The normalized spacial score (nSPS) is 15.7. The maximum Gasteiger partial charge on any atom is 0.373 e. The Bertz CT molecular complexity index is 1080. The van der Waals surface area contributed by atoms with E-state index in [1.165, 1.54) is 32.4 Å². The fraction of sp³-hybridized carbons (Fsp3) is 0.318. The molecule has 1 saturated heterocycles. The van der Waals surface area contributed by atoms with Crippen molar-refractivity contribution in [3.63, 3.8) is 0 Å². The summed E-state index contributed by atoms with van der Waals surface area (Å²) in [5.74, 6) is 0.0160. The van der Waals surface area contributed by atoms with Crippen molar-refractivity contribution in [2.75, 3.05) is 14.2 Å². The van der Waals surface area contributed by atoms with Crippen LogP contribution in [0.2, 0.25) is 0 Å². The standard InChI is InChI=1S/C22H23BrN2O7/c1-5-12(2)31-19-13(8-14(23)10-18(19)29-3)9-16-20(26)25(22(28)24-16)11-15-6-7-17(32-15)21(27)30-4/h6-10,12H,5,11H2,1-4H3,(H,24,28)/b16-9+/t12-/m0/s1. The molecule has 1 fully saturated rings. The number of benzene rings is 1. The summed E-state index contributed by atoms with van der Waals surface area (Å²) < 4.78 is 22.1. The van der Waals surface area contributed by atoms with E-state index in [0.717, 1.165) is 15.8 Å². The number of imide groups is 1. The highest BCUT2D eigenvalue weighted by Crippen LogP contribution is 2.37. The Kier molecular flexibility index (Phi) is 7.24. The van der Waals surface area contributed by atoms with Gasteiger partial charge in [-0.25, -0.2) is 9.59 Å². The number of ether oxygens (including phenoxy) is 3. The summed E-state index contributed by atoms with van der Waals surface area (Å²) in [5.41, 5.74) is 0.636. The average Bonchev–Trinajstić information content (AvgIpc) is 3.35. The molecular weight excluding hydrogens is 484 g/mol. The van der Waals surface area contributed by atoms with Crippen molar-refractivity contribution in [2.45, 2.75) is 32.9 Å². The minimum Gasteiger partial charge on any atom is -0.493 e. The Balaban J connectivity index is 1.89. The van der Waals surface area contributed by atoms with Gasteiger partial charge in [0, 0.05) is 10.0 Å². The van der Waals surface area contributed by atoms with Gasteiger partial charge in [-0.05, 0) is 43.7 Å². The molecule has 0 bridgehead atoms. The maximum atomic E-state index is 12.9. The molecule has 1 aromatic carbocycles. The van der Waals surface area contributed by atoms with Crippen LogP contribution in [0.1, 0.15) is 42.1 Å². The lowest BCUT2D eigenvalue weighted by Crippen LogP contribution is -2.30. The molecule has 0 spiro atoms. The molecule has 0 aliphatic carbocycles. The SMILES string of the molecule is CC[C@H](C)Oc1c(/C=C2/NC(=O)N(Cc3ccc(C(=O)OC)o3)C2=O)cc(Br)cc1OC. The first-order valence-corrected chi connectivity index (χ1v) is 10.6. The number of hydrogen-bond acceptors (Lipinski definition) is 7. The van der Waals surface area contributed by atoms with E-state index in [2.05, 4.69) is 26.0 Å². The minimum atomic E-state index is -0.647. The highest BCUT2D eigenvalue weighted by molar-refractivity contribution is 9.10. The number of rotatable bonds is 8. The van der Waals surface area contributed by atoms with Gasteiger partial charge >= 0.3 is 12.0 Å². The molecule has 1 aliphatic rings. The second kappa shape index (κ2) is 9.90. The zero-order valence-electron chi connectivity index (χ0n) is 18.1. The number of furan rings is 1. The van der Waals surface area contributed by atoms with Gasteiger partial charge in [0.05, 0.1) is 26.9 Å². The average molecular weight is 507 g/mol. The number of hydrogen-bond donors (Lipinski definition) is 1. The van der Waals surface area contributed by atoms with Crippen molar-refractivity contribution in [3.05, 3.63) is 51.5 Å². The summed E-state index contributed by atoms with van der Waals surface area (Å²) in [6.45, 7) is 3.78. The number of carbonyl (C=O) groups is 3. The van der Waals surface area contributed by atoms with Gasteiger partial charge in [-0.1, -0.05) is 22.9 Å². The molecule has 10 heteroatoms. The molecular formula is C22H23BrN2O7. The topological polar surface area (TPSA) is 107 Å². The second-order valence-electron chi connectivity index (χ2n) is 7.00. The number of urea groups is 1. The molecule has 2 aromatic rings. The number of nitrogens with one attached hydrogen (secondary N) is 1. The maximum absolute atomic E-state index is 12.9. The van der Waals surface area contributed by atoms with E-state index in [-0.39, 0.29) is 29.9 Å². The van der Waals surface area contributed by atoms with Crippen LogP contribution in [-0.2, 0) is 16.1 Å². The predicted molar refractivity (Wildman–Crippen MR) is 118 cm³/mol. The molecule has 1 aromatic heterocycles. The quantitative estimate of drug-likeness (QED) is 0.326. The lowest BCUT2D eigenvalue weighted by atomic mass is 10.1. The van der Waals surface area contributed by atoms with Gasteiger partial charge in [-0.2, -0.15) is 0 Å². The van der Waals surface area contributed by atoms with Crippen molar-refractivity contribution >= 4 is 39.9 Å². The summed E-state index contributed by atoms with van der Waals surface area (Å²) in [4.78, 5) is 37.9. The van der Waals surface area contributed by atoms with Crippen molar-refractivity contribution < 1.29 is 33.0 Å². The van der Waals surface area contributed by atoms with Crippen LogP contribution in [0.4, 0.5) is 4.79 Å². The second-order valence-corrected chi connectivity index (χ2v) is 7.92. The third-order valence-electron chi connectivity index (χ3n) is 4.79. The van der Waals surface area contributed by atoms with Crippen LogP contribution in [0.5, 0.6) is 11.5 Å². The van der Waals surface area contributed by atoms with Crippen LogP contribution in [0.3, 0.4) is 0 Å². The molecule has 1 atom stereocenters. The number of amides is 3. The van der Waals surface area contributed by atoms with Gasteiger partial charge in [-0.15, -0.1) is 0 Å². The number of halogens is 1. The molecule has 32 heavy (non-hydrogen) atoms. The Labute approximate surface area is 193 Å². The summed E-state index contributed by atoms with van der Waals surface area (Å²) in [5, 5.41) is 2.57. The molecule has 1 N–H and O–H groups in total. The summed E-state index contributed by atoms with van der Waals surface area (Å²) in [6.07, 6.45) is 2.22. The van der Waals surface area contributed by atoms with E-state index < -0.39 is 17.9 Å². The van der Waals surface area contributed by atoms with Gasteiger partial charge in [-0.3, -0.25) is 9.69 Å². The molecule has 0 unspecified atom stereocenters. The third kappa shape index (κ3) is 4.96. The van der Waals surface area contributed by atoms with Gasteiger partial charge in [0.1, 0.15) is 11.5 Å².